The Morgan fingerprint density at radius 3 is 2.72 bits per heavy atom. The zero-order valence-electron chi connectivity index (χ0n) is 10.4. The first-order valence-corrected chi connectivity index (χ1v) is 6.39. The van der Waals surface area contributed by atoms with Crippen LogP contribution < -0.4 is 0 Å². The van der Waals surface area contributed by atoms with Crippen LogP contribution in [0.2, 0.25) is 0 Å². The molecule has 2 heterocycles. The van der Waals surface area contributed by atoms with E-state index in [1.165, 1.54) is 23.8 Å². The van der Waals surface area contributed by atoms with E-state index in [4.69, 9.17) is 4.74 Å². The summed E-state index contributed by atoms with van der Waals surface area (Å²) >= 11 is 1.32. The van der Waals surface area contributed by atoms with E-state index in [0.29, 0.717) is 4.91 Å². The number of fused-ring (bicyclic) bond motifs is 1. The molecule has 2 aliphatic rings. The molecule has 0 aromatic rings. The third kappa shape index (κ3) is 1.73. The summed E-state index contributed by atoms with van der Waals surface area (Å²) < 4.78 is 9.81. The van der Waals surface area contributed by atoms with Gasteiger partial charge >= 0.3 is 5.97 Å². The number of aliphatic hydroxyl groups is 1. The van der Waals surface area contributed by atoms with Crippen LogP contribution in [0.4, 0.5) is 0 Å². The molecule has 0 spiro atoms. The summed E-state index contributed by atoms with van der Waals surface area (Å²) in [6.07, 6.45) is -0.219. The van der Waals surface area contributed by atoms with Crippen LogP contribution in [0.1, 0.15) is 6.92 Å². The van der Waals surface area contributed by atoms with Gasteiger partial charge in [-0.3, -0.25) is 9.69 Å². The molecule has 0 aromatic carbocycles. The Hall–Kier alpha value is -1.05. The molecule has 18 heavy (non-hydrogen) atoms. The van der Waals surface area contributed by atoms with Gasteiger partial charge in [0.05, 0.1) is 25.7 Å². The molecule has 3 unspecified atom stereocenters. The minimum atomic E-state index is -0.592. The van der Waals surface area contributed by atoms with Gasteiger partial charge in [0.2, 0.25) is 5.91 Å². The van der Waals surface area contributed by atoms with E-state index in [1.807, 2.05) is 6.92 Å². The van der Waals surface area contributed by atoms with Crippen molar-refractivity contribution in [2.24, 2.45) is 5.92 Å². The molecule has 1 amide bonds. The van der Waals surface area contributed by atoms with Gasteiger partial charge in [0, 0.05) is 12.0 Å². The van der Waals surface area contributed by atoms with E-state index in [0.717, 1.165) is 0 Å². The summed E-state index contributed by atoms with van der Waals surface area (Å²) in [5.74, 6) is -1.04. The maximum atomic E-state index is 12.0. The van der Waals surface area contributed by atoms with Gasteiger partial charge in [-0.05, 0) is 6.92 Å². The van der Waals surface area contributed by atoms with Crippen LogP contribution in [0.3, 0.4) is 0 Å². The molecule has 0 aliphatic carbocycles. The van der Waals surface area contributed by atoms with Crippen molar-refractivity contribution in [1.82, 2.24) is 4.90 Å². The maximum Gasteiger partial charge on any atom is 0.355 e. The van der Waals surface area contributed by atoms with E-state index in [-0.39, 0.29) is 35.6 Å². The number of carbonyl (C=O) groups excluding carboxylic acids is 2. The van der Waals surface area contributed by atoms with E-state index < -0.39 is 5.97 Å². The number of β-lactam (4-membered cyclic amide) rings is 1. The fourth-order valence-corrected chi connectivity index (χ4v) is 3.64. The number of carbonyl (C=O) groups is 2. The first-order valence-electron chi connectivity index (χ1n) is 5.51. The molecule has 0 saturated carbocycles. The molecule has 100 valence electrons. The molecule has 7 heteroatoms. The zero-order chi connectivity index (χ0) is 13.4. The second kappa shape index (κ2) is 4.91. The molecule has 6 nitrogen and oxygen atoms in total. The second-order valence-electron chi connectivity index (χ2n) is 4.10. The van der Waals surface area contributed by atoms with Crippen molar-refractivity contribution in [3.8, 4) is 0 Å². The van der Waals surface area contributed by atoms with Gasteiger partial charge in [-0.2, -0.15) is 0 Å². The Morgan fingerprint density at radius 1 is 1.56 bits per heavy atom. The SMILES string of the molecule is COC(=O)C1=C(CO)SC2C(C(C)OC)C(=O)N12. The average molecular weight is 273 g/mol. The monoisotopic (exact) mass is 273 g/mol. The Balaban J connectivity index is 2.24. The van der Waals surface area contributed by atoms with Crippen LogP contribution in [0.5, 0.6) is 0 Å². The average Bonchev–Trinajstić information content (AvgIpc) is 2.72. The normalized spacial score (nSPS) is 28.0. The van der Waals surface area contributed by atoms with Crippen molar-refractivity contribution >= 4 is 23.6 Å². The lowest BCUT2D eigenvalue weighted by Gasteiger charge is -2.44. The lowest BCUT2D eigenvalue weighted by Crippen LogP contribution is -2.61. The quantitative estimate of drug-likeness (QED) is 0.571. The predicted octanol–water partition coefficient (Wildman–Crippen LogP) is -0.0705. The Labute approximate surface area is 109 Å². The number of amides is 1. The number of hydrogen-bond donors (Lipinski definition) is 1. The summed E-state index contributed by atoms with van der Waals surface area (Å²) in [6.45, 7) is 1.54. The van der Waals surface area contributed by atoms with Crippen LogP contribution in [0.15, 0.2) is 10.6 Å². The van der Waals surface area contributed by atoms with Gasteiger partial charge in [-0.15, -0.1) is 0 Å². The third-order valence-electron chi connectivity index (χ3n) is 3.25. The van der Waals surface area contributed by atoms with Crippen molar-refractivity contribution in [3.05, 3.63) is 10.6 Å². The predicted molar refractivity (Wildman–Crippen MR) is 64.3 cm³/mol. The molecule has 0 radical (unpaired) electrons. The number of esters is 1. The van der Waals surface area contributed by atoms with E-state index >= 15 is 0 Å². The van der Waals surface area contributed by atoms with Crippen LogP contribution in [0, 0.1) is 5.92 Å². The summed E-state index contributed by atoms with van der Waals surface area (Å²) in [6, 6.07) is 0. The lowest BCUT2D eigenvalue weighted by molar-refractivity contribution is -0.158. The van der Waals surface area contributed by atoms with Gasteiger partial charge in [-0.1, -0.05) is 11.8 Å². The molecule has 0 aromatic heterocycles. The van der Waals surface area contributed by atoms with Crippen LogP contribution in [-0.2, 0) is 19.1 Å². The fraction of sp³-hybridized carbons (Fsp3) is 0.636. The number of rotatable bonds is 4. The van der Waals surface area contributed by atoms with Crippen molar-refractivity contribution in [1.29, 1.82) is 0 Å². The van der Waals surface area contributed by atoms with Crippen molar-refractivity contribution in [2.45, 2.75) is 18.4 Å². The van der Waals surface area contributed by atoms with Crippen molar-refractivity contribution in [3.63, 3.8) is 0 Å². The topological polar surface area (TPSA) is 76.1 Å². The third-order valence-corrected chi connectivity index (χ3v) is 4.60. The largest absolute Gasteiger partial charge is 0.464 e. The van der Waals surface area contributed by atoms with Crippen molar-refractivity contribution in [2.75, 3.05) is 20.8 Å². The van der Waals surface area contributed by atoms with Gasteiger partial charge in [-0.25, -0.2) is 4.79 Å². The number of ether oxygens (including phenoxy) is 2. The van der Waals surface area contributed by atoms with E-state index in [2.05, 4.69) is 4.74 Å². The summed E-state index contributed by atoms with van der Waals surface area (Å²) in [4.78, 5) is 25.5. The van der Waals surface area contributed by atoms with Crippen LogP contribution in [-0.4, -0.2) is 54.2 Å². The summed E-state index contributed by atoms with van der Waals surface area (Å²) in [5.41, 5.74) is 0.166. The van der Waals surface area contributed by atoms with E-state index in [9.17, 15) is 14.7 Å². The zero-order valence-corrected chi connectivity index (χ0v) is 11.2. The van der Waals surface area contributed by atoms with Crippen molar-refractivity contribution < 1.29 is 24.2 Å². The molecular weight excluding hydrogens is 258 g/mol. The molecule has 1 N–H and O–H groups in total. The molecular formula is C11H15NO5S. The molecule has 0 bridgehead atoms. The second-order valence-corrected chi connectivity index (χ2v) is 5.32. The molecule has 3 atom stereocenters. The minimum absolute atomic E-state index is 0.161. The number of thioether (sulfide) groups is 1. The maximum absolute atomic E-state index is 12.0. The highest BCUT2D eigenvalue weighted by Gasteiger charge is 2.57. The van der Waals surface area contributed by atoms with Gasteiger partial charge in [0.25, 0.3) is 0 Å². The Morgan fingerprint density at radius 2 is 2.22 bits per heavy atom. The van der Waals surface area contributed by atoms with Gasteiger partial charge < -0.3 is 14.6 Å². The minimum Gasteiger partial charge on any atom is -0.464 e. The number of hydrogen-bond acceptors (Lipinski definition) is 6. The fourth-order valence-electron chi connectivity index (χ4n) is 2.19. The lowest BCUT2D eigenvalue weighted by atomic mass is 9.92. The standard InChI is InChI=1S/C11H15NO5S/c1-5(16-2)7-9(14)12-8(11(15)17-3)6(4-13)18-10(7)12/h5,7,10,13H,4H2,1-3H3. The van der Waals surface area contributed by atoms with Gasteiger partial charge in [0.15, 0.2) is 0 Å². The highest BCUT2D eigenvalue weighted by Crippen LogP contribution is 2.50. The first-order chi connectivity index (χ1) is 8.56. The first kappa shape index (κ1) is 13.4. The number of methoxy groups -OCH3 is 2. The van der Waals surface area contributed by atoms with Crippen LogP contribution in [0.25, 0.3) is 0 Å². The number of aliphatic hydroxyl groups excluding tert-OH is 1. The highest BCUT2D eigenvalue weighted by atomic mass is 32.2. The van der Waals surface area contributed by atoms with Crippen LogP contribution >= 0.6 is 11.8 Å². The smallest absolute Gasteiger partial charge is 0.355 e. The Kier molecular flexibility index (Phi) is 3.65. The molecule has 2 rings (SSSR count). The number of nitrogens with zero attached hydrogens (tertiary/aromatic N) is 1. The highest BCUT2D eigenvalue weighted by molar-refractivity contribution is 8.04. The summed E-state index contributed by atoms with van der Waals surface area (Å²) in [7, 11) is 2.80. The molecule has 1 saturated heterocycles. The Bertz CT molecular complexity index is 422. The summed E-state index contributed by atoms with van der Waals surface area (Å²) in [5, 5.41) is 9.08. The molecule has 2 aliphatic heterocycles. The van der Waals surface area contributed by atoms with E-state index in [1.54, 1.807) is 7.11 Å². The van der Waals surface area contributed by atoms with Gasteiger partial charge in [0.1, 0.15) is 11.1 Å². The molecule has 1 fully saturated rings.